The fourth-order valence-corrected chi connectivity index (χ4v) is 4.58. The Bertz CT molecular complexity index is 540. The van der Waals surface area contributed by atoms with Crippen molar-refractivity contribution in [3.05, 3.63) is 0 Å². The Balaban J connectivity index is 4.08. The monoisotopic (exact) mass is 440 g/mol. The second-order valence-corrected chi connectivity index (χ2v) is 12.4. The van der Waals surface area contributed by atoms with Crippen molar-refractivity contribution in [2.45, 2.75) is 51.6 Å². The molecule has 0 radical (unpaired) electrons. The zero-order valence-electron chi connectivity index (χ0n) is 15.3. The van der Waals surface area contributed by atoms with Crippen molar-refractivity contribution in [1.82, 2.24) is 9.67 Å². The van der Waals surface area contributed by atoms with Crippen molar-refractivity contribution in [2.24, 2.45) is 0 Å². The molecule has 0 fully saturated rings. The molecular weight excluding hydrogens is 411 g/mol. The molecule has 0 saturated heterocycles. The quantitative estimate of drug-likeness (QED) is 0.312. The SMILES string of the molecule is CC(C)(CCS(=O)(=O)CCOCCS(=O)(=O)CCC(C)(C)NCl)NCl. The summed E-state index contributed by atoms with van der Waals surface area (Å²) >= 11 is 11.1. The van der Waals surface area contributed by atoms with Gasteiger partial charge in [-0.3, -0.25) is 0 Å². The molecule has 0 bridgehead atoms. The van der Waals surface area contributed by atoms with E-state index in [9.17, 15) is 16.8 Å². The molecule has 0 atom stereocenters. The fraction of sp³-hybridized carbons (Fsp3) is 1.00. The lowest BCUT2D eigenvalue weighted by molar-refractivity contribution is 0.164. The van der Waals surface area contributed by atoms with Gasteiger partial charge in [0.05, 0.1) is 36.2 Å². The van der Waals surface area contributed by atoms with Crippen LogP contribution >= 0.6 is 23.6 Å². The van der Waals surface area contributed by atoms with Crippen LogP contribution in [0.15, 0.2) is 0 Å². The van der Waals surface area contributed by atoms with Gasteiger partial charge in [0, 0.05) is 11.1 Å². The van der Waals surface area contributed by atoms with E-state index in [2.05, 4.69) is 9.67 Å². The average Bonchev–Trinajstić information content (AvgIpc) is 2.51. The Morgan fingerprint density at radius 2 is 1.04 bits per heavy atom. The van der Waals surface area contributed by atoms with Crippen LogP contribution < -0.4 is 9.67 Å². The summed E-state index contributed by atoms with van der Waals surface area (Å²) in [7, 11) is -6.54. The van der Waals surface area contributed by atoms with Gasteiger partial charge in [0.25, 0.3) is 0 Å². The van der Waals surface area contributed by atoms with Crippen molar-refractivity contribution >= 4 is 43.2 Å². The molecule has 152 valence electrons. The van der Waals surface area contributed by atoms with Crippen LogP contribution in [0.3, 0.4) is 0 Å². The van der Waals surface area contributed by atoms with Gasteiger partial charge in [-0.2, -0.15) is 0 Å². The summed E-state index contributed by atoms with van der Waals surface area (Å²) in [5.74, 6) is -0.313. The smallest absolute Gasteiger partial charge is 0.152 e. The van der Waals surface area contributed by atoms with E-state index in [4.69, 9.17) is 28.3 Å². The number of hydrogen-bond donors (Lipinski definition) is 2. The highest BCUT2D eigenvalue weighted by atomic mass is 35.5. The van der Waals surface area contributed by atoms with Gasteiger partial charge in [0.15, 0.2) is 19.7 Å². The third kappa shape index (κ3) is 13.2. The normalized spacial score (nSPS) is 14.0. The summed E-state index contributed by atoms with van der Waals surface area (Å²) in [6.45, 7) is 7.16. The van der Waals surface area contributed by atoms with Crippen LogP contribution in [0.5, 0.6) is 0 Å². The lowest BCUT2D eigenvalue weighted by Gasteiger charge is -2.22. The molecule has 11 heteroatoms. The van der Waals surface area contributed by atoms with Crippen molar-refractivity contribution in [2.75, 3.05) is 36.2 Å². The molecule has 0 rings (SSSR count). The maximum Gasteiger partial charge on any atom is 0.152 e. The first-order valence-electron chi connectivity index (χ1n) is 7.98. The average molecular weight is 441 g/mol. The minimum Gasteiger partial charge on any atom is -0.379 e. The molecule has 7 nitrogen and oxygen atoms in total. The highest BCUT2D eigenvalue weighted by Gasteiger charge is 2.22. The van der Waals surface area contributed by atoms with Gasteiger partial charge >= 0.3 is 0 Å². The second kappa shape index (κ2) is 10.6. The highest BCUT2D eigenvalue weighted by molar-refractivity contribution is 7.91. The van der Waals surface area contributed by atoms with Crippen LogP contribution in [0.4, 0.5) is 0 Å². The summed E-state index contributed by atoms with van der Waals surface area (Å²) in [5, 5.41) is 0. The number of hydrogen-bond acceptors (Lipinski definition) is 7. The van der Waals surface area contributed by atoms with E-state index < -0.39 is 30.8 Å². The standard InChI is InChI=1S/C14H30Cl2N2O5S2/c1-13(2,17-15)5-9-24(19,20)11-7-23-8-12-25(21,22)10-6-14(3,4)18-16/h17-18H,5-12H2,1-4H3. The van der Waals surface area contributed by atoms with E-state index in [0.717, 1.165) is 0 Å². The lowest BCUT2D eigenvalue weighted by Crippen LogP contribution is -2.35. The third-order valence-electron chi connectivity index (χ3n) is 3.67. The molecule has 0 aliphatic heterocycles. The first kappa shape index (κ1) is 25.4. The summed E-state index contributed by atoms with van der Waals surface area (Å²) < 4.78 is 52.8. The van der Waals surface area contributed by atoms with Crippen LogP contribution in [-0.4, -0.2) is 64.1 Å². The Kier molecular flexibility index (Phi) is 10.8. The molecule has 0 heterocycles. The lowest BCUT2D eigenvalue weighted by atomic mass is 10.0. The maximum atomic E-state index is 11.9. The first-order chi connectivity index (χ1) is 11.2. The topological polar surface area (TPSA) is 102 Å². The molecule has 2 N–H and O–H groups in total. The first-order valence-corrected chi connectivity index (χ1v) is 12.4. The predicted molar refractivity (Wildman–Crippen MR) is 103 cm³/mol. The molecule has 0 amide bonds. The molecule has 0 aromatic carbocycles. The predicted octanol–water partition coefficient (Wildman–Crippen LogP) is 1.66. The van der Waals surface area contributed by atoms with E-state index in [1.807, 2.05) is 0 Å². The van der Waals surface area contributed by atoms with Crippen LogP contribution in [0.25, 0.3) is 0 Å². The van der Waals surface area contributed by atoms with Crippen molar-refractivity contribution in [3.8, 4) is 0 Å². The molecule has 0 aliphatic rings. The van der Waals surface area contributed by atoms with Gasteiger partial charge in [0.1, 0.15) is 0 Å². The van der Waals surface area contributed by atoms with Crippen LogP contribution in [0.1, 0.15) is 40.5 Å². The van der Waals surface area contributed by atoms with Crippen LogP contribution in [0, 0.1) is 0 Å². The molecular formula is C14H30Cl2N2O5S2. The molecule has 0 aliphatic carbocycles. The third-order valence-corrected chi connectivity index (χ3v) is 7.92. The zero-order valence-corrected chi connectivity index (χ0v) is 18.4. The summed E-state index contributed by atoms with van der Waals surface area (Å²) in [5.41, 5.74) is -0.954. The largest absolute Gasteiger partial charge is 0.379 e. The van der Waals surface area contributed by atoms with Gasteiger partial charge in [0.2, 0.25) is 0 Å². The van der Waals surface area contributed by atoms with Gasteiger partial charge in [-0.15, -0.1) is 0 Å². The van der Waals surface area contributed by atoms with E-state index in [-0.39, 0.29) is 36.2 Å². The zero-order chi connectivity index (χ0) is 19.8. The molecule has 0 aromatic rings. The van der Waals surface area contributed by atoms with E-state index >= 15 is 0 Å². The number of sulfone groups is 2. The van der Waals surface area contributed by atoms with Gasteiger partial charge in [-0.25, -0.2) is 26.5 Å². The van der Waals surface area contributed by atoms with Crippen molar-refractivity contribution in [1.29, 1.82) is 0 Å². The summed E-state index contributed by atoms with van der Waals surface area (Å²) in [6.07, 6.45) is 0.745. The number of rotatable bonds is 14. The van der Waals surface area contributed by atoms with E-state index in [1.54, 1.807) is 27.7 Å². The summed E-state index contributed by atoms with van der Waals surface area (Å²) in [6, 6.07) is 0. The molecule has 0 aromatic heterocycles. The van der Waals surface area contributed by atoms with Crippen molar-refractivity contribution < 1.29 is 21.6 Å². The molecule has 0 unspecified atom stereocenters. The van der Waals surface area contributed by atoms with E-state index in [0.29, 0.717) is 12.8 Å². The number of ether oxygens (including phenoxy) is 1. The molecule has 0 spiro atoms. The Hall–Kier alpha value is 0.360. The molecule has 0 saturated carbocycles. The number of halogens is 2. The second-order valence-electron chi connectivity index (χ2n) is 7.37. The maximum absolute atomic E-state index is 11.9. The minimum absolute atomic E-state index is 0.0120. The van der Waals surface area contributed by atoms with Crippen LogP contribution in [0.2, 0.25) is 0 Å². The minimum atomic E-state index is -3.27. The Labute approximate surface area is 162 Å². The van der Waals surface area contributed by atoms with Crippen LogP contribution in [-0.2, 0) is 24.4 Å². The van der Waals surface area contributed by atoms with E-state index in [1.165, 1.54) is 0 Å². The Morgan fingerprint density at radius 1 is 0.720 bits per heavy atom. The summed E-state index contributed by atoms with van der Waals surface area (Å²) in [4.78, 5) is 5.06. The van der Waals surface area contributed by atoms with Gasteiger partial charge in [-0.1, -0.05) is 0 Å². The fourth-order valence-electron chi connectivity index (χ4n) is 1.59. The highest BCUT2D eigenvalue weighted by Crippen LogP contribution is 2.12. The molecule has 25 heavy (non-hydrogen) atoms. The number of nitrogens with one attached hydrogen (secondary N) is 2. The van der Waals surface area contributed by atoms with Gasteiger partial charge < -0.3 is 4.74 Å². The van der Waals surface area contributed by atoms with Gasteiger partial charge in [-0.05, 0) is 64.1 Å². The Morgan fingerprint density at radius 3 is 1.32 bits per heavy atom. The van der Waals surface area contributed by atoms with Crippen molar-refractivity contribution in [3.63, 3.8) is 0 Å².